The lowest BCUT2D eigenvalue weighted by Crippen LogP contribution is -2.41. The summed E-state index contributed by atoms with van der Waals surface area (Å²) >= 11 is 0. The minimum Gasteiger partial charge on any atom is -0.442 e. The molecule has 3 aliphatic rings. The average Bonchev–Trinajstić information content (AvgIpc) is 3.28. The van der Waals surface area contributed by atoms with E-state index in [0.29, 0.717) is 0 Å². The molecular weight excluding hydrogens is 386 g/mol. The van der Waals surface area contributed by atoms with Crippen molar-refractivity contribution in [2.75, 3.05) is 38.1 Å². The van der Waals surface area contributed by atoms with Crippen LogP contribution in [0.4, 0.5) is 24.1 Å². The van der Waals surface area contributed by atoms with Gasteiger partial charge in [-0.05, 0) is 12.1 Å². The molecule has 0 bridgehead atoms. The van der Waals surface area contributed by atoms with Gasteiger partial charge in [0.15, 0.2) is 0 Å². The predicted molar refractivity (Wildman–Crippen MR) is 98.2 cm³/mol. The molecule has 0 radical (unpaired) electrons. The number of urea groups is 1. The van der Waals surface area contributed by atoms with Crippen LogP contribution in [-0.2, 0) is 15.1 Å². The van der Waals surface area contributed by atoms with Crippen LogP contribution in [0.5, 0.6) is 0 Å². The molecule has 1 aromatic rings. The number of anilines is 1. The van der Waals surface area contributed by atoms with Gasteiger partial charge in [-0.25, -0.2) is 18.4 Å². The number of nitrogens with one attached hydrogen (secondary N) is 1. The first-order chi connectivity index (χ1) is 13.7. The molecule has 3 heterocycles. The van der Waals surface area contributed by atoms with Gasteiger partial charge in [0, 0.05) is 20.5 Å². The van der Waals surface area contributed by atoms with Crippen molar-refractivity contribution in [2.45, 2.75) is 18.6 Å². The van der Waals surface area contributed by atoms with Gasteiger partial charge >= 0.3 is 12.1 Å². The third-order valence-electron chi connectivity index (χ3n) is 5.42. The first-order valence-corrected chi connectivity index (χ1v) is 9.15. The van der Waals surface area contributed by atoms with Crippen molar-refractivity contribution < 1.29 is 27.9 Å². The summed E-state index contributed by atoms with van der Waals surface area (Å²) in [6.07, 6.45) is 1.99. The molecule has 8 nitrogen and oxygen atoms in total. The maximum absolute atomic E-state index is 15.1. The molecule has 1 N–H and O–H groups in total. The third-order valence-corrected chi connectivity index (χ3v) is 5.42. The molecule has 0 spiro atoms. The Bertz CT molecular complexity index is 914. The minimum atomic E-state index is -1.21. The van der Waals surface area contributed by atoms with Crippen LogP contribution in [-0.4, -0.2) is 67.2 Å². The monoisotopic (exact) mass is 406 g/mol. The molecule has 2 fully saturated rings. The number of rotatable bonds is 4. The number of nitrogens with zero attached hydrogens (tertiary/aromatic N) is 3. The molecule has 10 heteroatoms. The van der Waals surface area contributed by atoms with Crippen LogP contribution < -0.4 is 10.2 Å². The van der Waals surface area contributed by atoms with Gasteiger partial charge < -0.3 is 19.9 Å². The van der Waals surface area contributed by atoms with Crippen LogP contribution in [0.3, 0.4) is 0 Å². The highest BCUT2D eigenvalue weighted by Gasteiger charge is 2.52. The van der Waals surface area contributed by atoms with Gasteiger partial charge in [-0.15, -0.1) is 0 Å². The molecule has 1 unspecified atom stereocenters. The SMILES string of the molecule is CC(=O)NC[C@H]1CN(c2cc(F)c(C34C=CCN3C(=O)N(C)C4)c(F)c2)C(=O)O1. The van der Waals surface area contributed by atoms with Crippen LogP contribution in [0.15, 0.2) is 24.3 Å². The number of carbonyl (C=O) groups is 3. The molecule has 2 saturated heterocycles. The van der Waals surface area contributed by atoms with E-state index in [0.717, 1.165) is 17.0 Å². The minimum absolute atomic E-state index is 0.0154. The highest BCUT2D eigenvalue weighted by atomic mass is 19.1. The largest absolute Gasteiger partial charge is 0.442 e. The van der Waals surface area contributed by atoms with Crippen molar-refractivity contribution >= 4 is 23.7 Å². The van der Waals surface area contributed by atoms with E-state index in [-0.39, 0.29) is 49.4 Å². The van der Waals surface area contributed by atoms with Crippen molar-refractivity contribution in [2.24, 2.45) is 0 Å². The topological polar surface area (TPSA) is 82.2 Å². The number of fused-ring (bicyclic) bond motifs is 1. The molecule has 0 saturated carbocycles. The van der Waals surface area contributed by atoms with E-state index in [1.807, 2.05) is 0 Å². The summed E-state index contributed by atoms with van der Waals surface area (Å²) in [5, 5.41) is 2.54. The van der Waals surface area contributed by atoms with Gasteiger partial charge in [-0.3, -0.25) is 9.69 Å². The second kappa shape index (κ2) is 6.71. The van der Waals surface area contributed by atoms with Crippen LogP contribution in [0.2, 0.25) is 0 Å². The summed E-state index contributed by atoms with van der Waals surface area (Å²) in [7, 11) is 1.58. The quantitative estimate of drug-likeness (QED) is 0.770. The highest BCUT2D eigenvalue weighted by Crippen LogP contribution is 2.43. The van der Waals surface area contributed by atoms with Crippen molar-refractivity contribution in [3.05, 3.63) is 41.5 Å². The van der Waals surface area contributed by atoms with Crippen molar-refractivity contribution in [1.29, 1.82) is 0 Å². The Morgan fingerprint density at radius 3 is 2.66 bits per heavy atom. The number of amides is 4. The summed E-state index contributed by atoms with van der Waals surface area (Å²) in [4.78, 5) is 39.4. The number of hydrogen-bond acceptors (Lipinski definition) is 4. The molecule has 0 aromatic heterocycles. The van der Waals surface area contributed by atoms with E-state index in [4.69, 9.17) is 4.74 Å². The molecule has 29 heavy (non-hydrogen) atoms. The van der Waals surface area contributed by atoms with Gasteiger partial charge in [0.05, 0.1) is 30.9 Å². The first kappa shape index (κ1) is 19.2. The molecule has 4 rings (SSSR count). The summed E-state index contributed by atoms with van der Waals surface area (Å²) in [6, 6.07) is 1.84. The van der Waals surface area contributed by atoms with Crippen molar-refractivity contribution in [3.8, 4) is 0 Å². The standard InChI is InChI=1S/C19H20F2N4O4/c1-11(26)22-8-13-9-24(18(28)29-13)12-6-14(20)16(15(21)7-12)19-4-3-5-25(19)17(27)23(2)10-19/h3-4,6-7,13H,5,8-10H2,1-2H3,(H,22,26)/t13-,19?/m0/s1. The average molecular weight is 406 g/mol. The first-order valence-electron chi connectivity index (χ1n) is 9.15. The number of cyclic esters (lactones) is 1. The highest BCUT2D eigenvalue weighted by molar-refractivity contribution is 5.90. The Hall–Kier alpha value is -3.17. The number of halogens is 2. The molecule has 154 valence electrons. The fourth-order valence-corrected chi connectivity index (χ4v) is 4.15. The van der Waals surface area contributed by atoms with Crippen molar-refractivity contribution in [1.82, 2.24) is 15.1 Å². The maximum Gasteiger partial charge on any atom is 0.414 e. The normalized spacial score (nSPS) is 25.7. The summed E-state index contributed by atoms with van der Waals surface area (Å²) in [5.41, 5.74) is -1.42. The van der Waals surface area contributed by atoms with E-state index in [1.165, 1.54) is 16.7 Å². The Morgan fingerprint density at radius 2 is 2.00 bits per heavy atom. The second-order valence-corrected chi connectivity index (χ2v) is 7.41. The predicted octanol–water partition coefficient (Wildman–Crippen LogP) is 1.56. The van der Waals surface area contributed by atoms with E-state index in [2.05, 4.69) is 5.32 Å². The number of ether oxygens (including phenoxy) is 1. The van der Waals surface area contributed by atoms with Gasteiger partial charge in [-0.2, -0.15) is 0 Å². The van der Waals surface area contributed by atoms with Gasteiger partial charge in [0.2, 0.25) is 5.91 Å². The van der Waals surface area contributed by atoms with Crippen LogP contribution in [0.1, 0.15) is 12.5 Å². The fourth-order valence-electron chi connectivity index (χ4n) is 4.15. The Labute approximate surface area is 165 Å². The van der Waals surface area contributed by atoms with Crippen LogP contribution in [0, 0.1) is 11.6 Å². The lowest BCUT2D eigenvalue weighted by molar-refractivity contribution is -0.119. The van der Waals surface area contributed by atoms with Crippen LogP contribution >= 0.6 is 0 Å². The zero-order chi connectivity index (χ0) is 20.9. The zero-order valence-corrected chi connectivity index (χ0v) is 15.9. The zero-order valence-electron chi connectivity index (χ0n) is 15.9. The smallest absolute Gasteiger partial charge is 0.414 e. The lowest BCUT2D eigenvalue weighted by Gasteiger charge is -2.31. The summed E-state index contributed by atoms with van der Waals surface area (Å²) in [5.74, 6) is -1.97. The molecular formula is C19H20F2N4O4. The summed E-state index contributed by atoms with van der Waals surface area (Å²) < 4.78 is 35.4. The number of carbonyl (C=O) groups excluding carboxylic acids is 3. The Balaban J connectivity index is 1.64. The molecule has 4 amide bonds. The van der Waals surface area contributed by atoms with E-state index < -0.39 is 29.4 Å². The third kappa shape index (κ3) is 2.99. The van der Waals surface area contributed by atoms with Gasteiger partial charge in [-0.1, -0.05) is 12.2 Å². The number of benzene rings is 1. The summed E-state index contributed by atoms with van der Waals surface area (Å²) in [6.45, 7) is 1.89. The van der Waals surface area contributed by atoms with Gasteiger partial charge in [0.1, 0.15) is 23.3 Å². The Morgan fingerprint density at radius 1 is 1.31 bits per heavy atom. The molecule has 2 atom stereocenters. The van der Waals surface area contributed by atoms with E-state index in [1.54, 1.807) is 19.2 Å². The Kier molecular flexibility index (Phi) is 4.44. The van der Waals surface area contributed by atoms with E-state index >= 15 is 8.78 Å². The second-order valence-electron chi connectivity index (χ2n) is 7.41. The molecule has 0 aliphatic carbocycles. The van der Waals surface area contributed by atoms with Crippen LogP contribution in [0.25, 0.3) is 0 Å². The maximum atomic E-state index is 15.1. The fraction of sp³-hybridized carbons (Fsp3) is 0.421. The van der Waals surface area contributed by atoms with Crippen molar-refractivity contribution in [3.63, 3.8) is 0 Å². The molecule has 1 aromatic carbocycles. The van der Waals surface area contributed by atoms with E-state index in [9.17, 15) is 14.4 Å². The molecule has 3 aliphatic heterocycles. The number of likely N-dealkylation sites (N-methyl/N-ethyl adjacent to an activating group) is 1. The lowest BCUT2D eigenvalue weighted by atomic mass is 9.89. The van der Waals surface area contributed by atoms with Gasteiger partial charge in [0.25, 0.3) is 0 Å². The number of hydrogen-bond donors (Lipinski definition) is 1.